The summed E-state index contributed by atoms with van der Waals surface area (Å²) >= 11 is 0. The average Bonchev–Trinajstić information content (AvgIpc) is 2.44. The molecule has 1 N–H and O–H groups in total. The van der Waals surface area contributed by atoms with Gasteiger partial charge in [-0.3, -0.25) is 4.79 Å². The van der Waals surface area contributed by atoms with E-state index in [0.29, 0.717) is 6.04 Å². The molecule has 20 heavy (non-hydrogen) atoms. The van der Waals surface area contributed by atoms with Crippen molar-refractivity contribution < 1.29 is 9.90 Å². The monoisotopic (exact) mass is 283 g/mol. The number of nitrogens with zero attached hydrogens (tertiary/aromatic N) is 1. The molecule has 0 aromatic heterocycles. The Hall–Kier alpha value is -0.570. The molecule has 0 aromatic rings. The Morgan fingerprint density at radius 3 is 2.50 bits per heavy atom. The molecule has 0 saturated carbocycles. The fraction of sp³-hybridized carbons (Fsp3) is 0.941. The SMILES string of the molecule is CCC(C)CC(CC)N1CCCC(C(C)(C)C(=O)O)C1. The molecule has 0 aliphatic carbocycles. The number of rotatable bonds is 7. The van der Waals surface area contributed by atoms with E-state index in [0.717, 1.165) is 31.8 Å². The lowest BCUT2D eigenvalue weighted by Crippen LogP contribution is -2.48. The Morgan fingerprint density at radius 1 is 1.35 bits per heavy atom. The number of aliphatic carboxylic acids is 1. The van der Waals surface area contributed by atoms with Gasteiger partial charge in [-0.25, -0.2) is 0 Å². The summed E-state index contributed by atoms with van der Waals surface area (Å²) in [6, 6.07) is 0.623. The van der Waals surface area contributed by atoms with Crippen molar-refractivity contribution in [1.29, 1.82) is 0 Å². The molecule has 1 aliphatic heterocycles. The molecule has 3 atom stereocenters. The van der Waals surface area contributed by atoms with Crippen molar-refractivity contribution in [3.05, 3.63) is 0 Å². The zero-order chi connectivity index (χ0) is 15.3. The lowest BCUT2D eigenvalue weighted by Gasteiger charge is -2.43. The summed E-state index contributed by atoms with van der Waals surface area (Å²) in [4.78, 5) is 14.0. The molecular formula is C17H33NO2. The highest BCUT2D eigenvalue weighted by molar-refractivity contribution is 5.74. The largest absolute Gasteiger partial charge is 0.481 e. The van der Waals surface area contributed by atoms with Crippen molar-refractivity contribution in [1.82, 2.24) is 4.90 Å². The second kappa shape index (κ2) is 7.44. The van der Waals surface area contributed by atoms with Gasteiger partial charge in [-0.05, 0) is 57.9 Å². The van der Waals surface area contributed by atoms with Crippen LogP contribution < -0.4 is 0 Å². The van der Waals surface area contributed by atoms with Gasteiger partial charge in [-0.1, -0.05) is 27.2 Å². The molecule has 1 heterocycles. The van der Waals surface area contributed by atoms with Gasteiger partial charge in [0.2, 0.25) is 0 Å². The summed E-state index contributed by atoms with van der Waals surface area (Å²) in [6.45, 7) is 12.7. The van der Waals surface area contributed by atoms with Gasteiger partial charge in [0, 0.05) is 12.6 Å². The van der Waals surface area contributed by atoms with Gasteiger partial charge in [0.15, 0.2) is 0 Å². The molecule has 3 heteroatoms. The van der Waals surface area contributed by atoms with Gasteiger partial charge < -0.3 is 10.0 Å². The minimum absolute atomic E-state index is 0.278. The summed E-state index contributed by atoms with van der Waals surface area (Å²) in [7, 11) is 0. The smallest absolute Gasteiger partial charge is 0.309 e. The lowest BCUT2D eigenvalue weighted by atomic mass is 9.74. The van der Waals surface area contributed by atoms with E-state index in [2.05, 4.69) is 25.7 Å². The maximum Gasteiger partial charge on any atom is 0.309 e. The highest BCUT2D eigenvalue weighted by Crippen LogP contribution is 2.35. The second-order valence-electron chi connectivity index (χ2n) is 7.17. The van der Waals surface area contributed by atoms with E-state index in [4.69, 9.17) is 0 Å². The predicted octanol–water partition coefficient (Wildman–Crippen LogP) is 4.02. The summed E-state index contributed by atoms with van der Waals surface area (Å²) in [6.07, 6.45) is 5.83. The van der Waals surface area contributed by atoms with Crippen LogP contribution in [0.2, 0.25) is 0 Å². The fourth-order valence-electron chi connectivity index (χ4n) is 3.31. The molecule has 1 aliphatic rings. The van der Waals surface area contributed by atoms with Crippen molar-refractivity contribution in [2.24, 2.45) is 17.3 Å². The van der Waals surface area contributed by atoms with E-state index in [9.17, 15) is 9.90 Å². The molecule has 1 fully saturated rings. The van der Waals surface area contributed by atoms with E-state index in [1.807, 2.05) is 13.8 Å². The molecule has 118 valence electrons. The van der Waals surface area contributed by atoms with Crippen LogP contribution in [0.3, 0.4) is 0 Å². The number of carbonyl (C=O) groups is 1. The van der Waals surface area contributed by atoms with Gasteiger partial charge in [-0.2, -0.15) is 0 Å². The highest BCUT2D eigenvalue weighted by Gasteiger charge is 2.40. The third-order valence-corrected chi connectivity index (χ3v) is 5.38. The molecule has 1 rings (SSSR count). The molecule has 0 amide bonds. The third kappa shape index (κ3) is 4.21. The molecule has 0 aromatic carbocycles. The van der Waals surface area contributed by atoms with Crippen LogP contribution in [-0.2, 0) is 4.79 Å². The number of hydrogen-bond donors (Lipinski definition) is 1. The van der Waals surface area contributed by atoms with Crippen molar-refractivity contribution in [2.45, 2.75) is 72.8 Å². The first-order valence-electron chi connectivity index (χ1n) is 8.30. The normalized spacial score (nSPS) is 24.4. The molecule has 0 spiro atoms. The van der Waals surface area contributed by atoms with Gasteiger partial charge in [0.25, 0.3) is 0 Å². The molecule has 3 nitrogen and oxygen atoms in total. The number of hydrogen-bond acceptors (Lipinski definition) is 2. The van der Waals surface area contributed by atoms with Gasteiger partial charge >= 0.3 is 5.97 Å². The minimum atomic E-state index is -0.653. The fourth-order valence-corrected chi connectivity index (χ4v) is 3.31. The summed E-state index contributed by atoms with van der Waals surface area (Å²) in [5.74, 6) is 0.381. The maximum atomic E-state index is 11.5. The second-order valence-corrected chi connectivity index (χ2v) is 7.17. The van der Waals surface area contributed by atoms with Crippen molar-refractivity contribution >= 4 is 5.97 Å². The number of carboxylic acid groups (broad SMARTS) is 1. The standard InChI is InChI=1S/C17H33NO2/c1-6-13(3)11-15(7-2)18-10-8-9-14(12-18)17(4,5)16(19)20/h13-15H,6-12H2,1-5H3,(H,19,20). The maximum absolute atomic E-state index is 11.5. The van der Waals surface area contributed by atoms with Crippen LogP contribution >= 0.6 is 0 Å². The van der Waals surface area contributed by atoms with Crippen LogP contribution in [0.25, 0.3) is 0 Å². The van der Waals surface area contributed by atoms with Crippen LogP contribution in [0, 0.1) is 17.3 Å². The topological polar surface area (TPSA) is 40.5 Å². The quantitative estimate of drug-likeness (QED) is 0.767. The molecule has 1 saturated heterocycles. The number of piperidine rings is 1. The Balaban J connectivity index is 2.69. The number of likely N-dealkylation sites (tertiary alicyclic amines) is 1. The van der Waals surface area contributed by atoms with Crippen molar-refractivity contribution in [3.63, 3.8) is 0 Å². The van der Waals surface area contributed by atoms with Crippen molar-refractivity contribution in [3.8, 4) is 0 Å². The zero-order valence-corrected chi connectivity index (χ0v) is 14.0. The minimum Gasteiger partial charge on any atom is -0.481 e. The van der Waals surface area contributed by atoms with E-state index in [1.54, 1.807) is 0 Å². The van der Waals surface area contributed by atoms with Crippen molar-refractivity contribution in [2.75, 3.05) is 13.1 Å². The van der Waals surface area contributed by atoms with Crippen LogP contribution in [0.5, 0.6) is 0 Å². The number of carboxylic acids is 1. The van der Waals surface area contributed by atoms with Crippen LogP contribution in [0.15, 0.2) is 0 Å². The Kier molecular flexibility index (Phi) is 6.50. The predicted molar refractivity (Wildman–Crippen MR) is 83.9 cm³/mol. The van der Waals surface area contributed by atoms with Crippen LogP contribution in [0.4, 0.5) is 0 Å². The van der Waals surface area contributed by atoms with E-state index < -0.39 is 11.4 Å². The first kappa shape index (κ1) is 17.5. The molecular weight excluding hydrogens is 250 g/mol. The third-order valence-electron chi connectivity index (χ3n) is 5.38. The van der Waals surface area contributed by atoms with Gasteiger partial charge in [0.05, 0.1) is 5.41 Å². The highest BCUT2D eigenvalue weighted by atomic mass is 16.4. The van der Waals surface area contributed by atoms with Gasteiger partial charge in [0.1, 0.15) is 0 Å². The molecule has 0 radical (unpaired) electrons. The molecule has 0 bridgehead atoms. The Bertz CT molecular complexity index is 314. The van der Waals surface area contributed by atoms with E-state index in [1.165, 1.54) is 19.3 Å². The van der Waals surface area contributed by atoms with Crippen LogP contribution in [0.1, 0.15) is 66.7 Å². The molecule has 3 unspecified atom stereocenters. The first-order chi connectivity index (χ1) is 9.32. The van der Waals surface area contributed by atoms with E-state index >= 15 is 0 Å². The zero-order valence-electron chi connectivity index (χ0n) is 14.0. The summed E-state index contributed by atoms with van der Waals surface area (Å²) in [5.41, 5.74) is -0.604. The Labute approximate surface area is 124 Å². The van der Waals surface area contributed by atoms with Gasteiger partial charge in [-0.15, -0.1) is 0 Å². The summed E-state index contributed by atoms with van der Waals surface area (Å²) in [5, 5.41) is 9.44. The first-order valence-corrected chi connectivity index (χ1v) is 8.30. The summed E-state index contributed by atoms with van der Waals surface area (Å²) < 4.78 is 0. The van der Waals surface area contributed by atoms with Crippen LogP contribution in [-0.4, -0.2) is 35.1 Å². The average molecular weight is 283 g/mol. The lowest BCUT2D eigenvalue weighted by molar-refractivity contribution is -0.151. The van der Waals surface area contributed by atoms with E-state index in [-0.39, 0.29) is 5.92 Å². The Morgan fingerprint density at radius 2 is 2.00 bits per heavy atom.